The molecule has 1 amide bonds. The third-order valence-electron chi connectivity index (χ3n) is 8.78. The molecular formula is C34H36N2O2. The zero-order chi connectivity index (χ0) is 26.3. The van der Waals surface area contributed by atoms with Crippen LogP contribution in [0.2, 0.25) is 0 Å². The molecule has 3 aliphatic rings. The molecule has 1 aliphatic carbocycles. The first-order chi connectivity index (χ1) is 18.6. The molecule has 1 saturated heterocycles. The predicted molar refractivity (Wildman–Crippen MR) is 153 cm³/mol. The Bertz CT molecular complexity index is 1400. The minimum absolute atomic E-state index is 0.134. The largest absolute Gasteiger partial charge is 0.316 e. The average Bonchev–Trinajstić information content (AvgIpc) is 3.67. The van der Waals surface area contributed by atoms with Crippen molar-refractivity contribution in [1.82, 2.24) is 5.32 Å². The molecule has 1 N–H and O–H groups in total. The lowest BCUT2D eigenvalue weighted by molar-refractivity contribution is -0.122. The molecule has 1 unspecified atom stereocenters. The summed E-state index contributed by atoms with van der Waals surface area (Å²) in [5, 5.41) is 3.46. The Balaban J connectivity index is 1.68. The summed E-state index contributed by atoms with van der Waals surface area (Å²) in [6, 6.07) is 20.9. The fourth-order valence-corrected chi connectivity index (χ4v) is 6.99. The highest BCUT2D eigenvalue weighted by Gasteiger charge is 2.51. The maximum atomic E-state index is 14.7. The molecule has 0 saturated carbocycles. The highest BCUT2D eigenvalue weighted by atomic mass is 16.1. The molecule has 3 aromatic rings. The van der Waals surface area contributed by atoms with E-state index in [1.807, 2.05) is 6.07 Å². The monoisotopic (exact) mass is 504 g/mol. The van der Waals surface area contributed by atoms with Crippen molar-refractivity contribution in [1.29, 1.82) is 0 Å². The number of aliphatic imine (C=N–C) groups is 1. The summed E-state index contributed by atoms with van der Waals surface area (Å²) < 4.78 is 0. The SMILES string of the molecule is CCCCC(=O)C1(c2ccc3c(c2CCCC)C(C2CCNC2)=NC3=O)c2ccccc2-c2ccccc21. The molecule has 4 nitrogen and oxygen atoms in total. The number of nitrogens with one attached hydrogen (secondary N) is 1. The van der Waals surface area contributed by atoms with Crippen molar-refractivity contribution in [3.8, 4) is 11.1 Å². The quantitative estimate of drug-likeness (QED) is 0.355. The highest BCUT2D eigenvalue weighted by Crippen LogP contribution is 2.55. The van der Waals surface area contributed by atoms with Crippen LogP contribution in [0.4, 0.5) is 0 Å². The second-order valence-electron chi connectivity index (χ2n) is 11.0. The van der Waals surface area contributed by atoms with E-state index in [1.165, 1.54) is 0 Å². The van der Waals surface area contributed by atoms with Gasteiger partial charge >= 0.3 is 0 Å². The Morgan fingerprint density at radius 3 is 2.21 bits per heavy atom. The number of carbonyl (C=O) groups is 2. The van der Waals surface area contributed by atoms with Gasteiger partial charge in [0.1, 0.15) is 5.41 Å². The van der Waals surface area contributed by atoms with Gasteiger partial charge in [-0.05, 0) is 71.7 Å². The number of Topliss-reactive ketones (excluding diaryl/α,β-unsaturated/α-hetero) is 1. The van der Waals surface area contributed by atoms with Crippen LogP contribution in [0.15, 0.2) is 65.7 Å². The summed E-state index contributed by atoms with van der Waals surface area (Å²) in [7, 11) is 0. The number of hydrogen-bond donors (Lipinski definition) is 1. The molecule has 0 radical (unpaired) electrons. The van der Waals surface area contributed by atoms with Crippen molar-refractivity contribution in [2.45, 2.75) is 64.2 Å². The second kappa shape index (κ2) is 10.1. The van der Waals surface area contributed by atoms with E-state index in [9.17, 15) is 9.59 Å². The smallest absolute Gasteiger partial charge is 0.277 e. The molecule has 1 atom stereocenters. The number of carbonyl (C=O) groups excluding carboxylic acids is 2. The predicted octanol–water partition coefficient (Wildman–Crippen LogP) is 6.66. The first-order valence-electron chi connectivity index (χ1n) is 14.4. The van der Waals surface area contributed by atoms with E-state index in [1.54, 1.807) is 0 Å². The van der Waals surface area contributed by atoms with Gasteiger partial charge in [0.15, 0.2) is 5.78 Å². The van der Waals surface area contributed by atoms with Crippen LogP contribution in [0.1, 0.15) is 90.5 Å². The first-order valence-corrected chi connectivity index (χ1v) is 14.4. The van der Waals surface area contributed by atoms with Gasteiger partial charge in [0.05, 0.1) is 11.3 Å². The maximum Gasteiger partial charge on any atom is 0.277 e. The van der Waals surface area contributed by atoms with E-state index in [4.69, 9.17) is 0 Å². The third-order valence-corrected chi connectivity index (χ3v) is 8.78. The van der Waals surface area contributed by atoms with Crippen LogP contribution < -0.4 is 5.32 Å². The van der Waals surface area contributed by atoms with Crippen molar-refractivity contribution < 1.29 is 9.59 Å². The van der Waals surface area contributed by atoms with E-state index in [2.05, 4.69) is 78.8 Å². The maximum absolute atomic E-state index is 14.7. The van der Waals surface area contributed by atoms with Crippen LogP contribution in [0, 0.1) is 5.92 Å². The summed E-state index contributed by atoms with van der Waals surface area (Å²) in [5.41, 5.74) is 8.39. The lowest BCUT2D eigenvalue weighted by Crippen LogP contribution is -2.38. The van der Waals surface area contributed by atoms with Gasteiger partial charge < -0.3 is 5.32 Å². The van der Waals surface area contributed by atoms with Gasteiger partial charge in [-0.2, -0.15) is 0 Å². The van der Waals surface area contributed by atoms with Crippen LogP contribution in [0.5, 0.6) is 0 Å². The number of unbranched alkanes of at least 4 members (excludes halogenated alkanes) is 2. The minimum atomic E-state index is -0.884. The normalized spacial score (nSPS) is 18.7. The van der Waals surface area contributed by atoms with E-state index < -0.39 is 5.41 Å². The van der Waals surface area contributed by atoms with Gasteiger partial charge in [0, 0.05) is 24.4 Å². The van der Waals surface area contributed by atoms with Gasteiger partial charge in [-0.25, -0.2) is 4.99 Å². The molecule has 6 rings (SSSR count). The number of hydrogen-bond acceptors (Lipinski definition) is 3. The number of benzene rings is 3. The molecular weight excluding hydrogens is 468 g/mol. The first kappa shape index (κ1) is 24.9. The summed E-state index contributed by atoms with van der Waals surface area (Å²) in [5.74, 6) is 0.343. The molecule has 0 spiro atoms. The fraction of sp³-hybridized carbons (Fsp3) is 0.382. The molecule has 2 aliphatic heterocycles. The van der Waals surface area contributed by atoms with Crippen LogP contribution >= 0.6 is 0 Å². The molecule has 3 aromatic carbocycles. The third kappa shape index (κ3) is 3.65. The van der Waals surface area contributed by atoms with Crippen molar-refractivity contribution in [2.24, 2.45) is 10.9 Å². The zero-order valence-electron chi connectivity index (χ0n) is 22.5. The Hall–Kier alpha value is -3.37. The summed E-state index contributed by atoms with van der Waals surface area (Å²) in [6.45, 7) is 6.13. The molecule has 1 fully saturated rings. The van der Waals surface area contributed by atoms with Gasteiger partial charge in [0.2, 0.25) is 0 Å². The molecule has 4 heteroatoms. The standard InChI is InChI=1S/C34H36N2O2/c1-3-5-11-25-29(18-17-26-31(25)32(36-33(26)38)22-19-20-35-21-22)34(30(37)16-6-4-2)27-14-9-7-12-23(27)24-13-8-10-15-28(24)34/h7-10,12-15,17-18,22,35H,3-6,11,16,19-21H2,1-2H3. The minimum Gasteiger partial charge on any atom is -0.316 e. The van der Waals surface area contributed by atoms with Crippen LogP contribution in [-0.2, 0) is 16.6 Å². The van der Waals surface area contributed by atoms with Crippen LogP contribution in [-0.4, -0.2) is 30.5 Å². The van der Waals surface area contributed by atoms with Crippen LogP contribution in [0.3, 0.4) is 0 Å². The van der Waals surface area contributed by atoms with Crippen LogP contribution in [0.25, 0.3) is 11.1 Å². The highest BCUT2D eigenvalue weighted by molar-refractivity contribution is 6.23. The Morgan fingerprint density at radius 2 is 1.58 bits per heavy atom. The molecule has 194 valence electrons. The van der Waals surface area contributed by atoms with E-state index in [0.29, 0.717) is 12.0 Å². The van der Waals surface area contributed by atoms with Crippen molar-refractivity contribution in [3.63, 3.8) is 0 Å². The average molecular weight is 505 g/mol. The van der Waals surface area contributed by atoms with E-state index in [-0.39, 0.29) is 17.6 Å². The second-order valence-corrected chi connectivity index (χ2v) is 11.0. The van der Waals surface area contributed by atoms with Gasteiger partial charge in [-0.15, -0.1) is 0 Å². The zero-order valence-corrected chi connectivity index (χ0v) is 22.5. The summed E-state index contributed by atoms with van der Waals surface area (Å²) >= 11 is 0. The van der Waals surface area contributed by atoms with E-state index >= 15 is 0 Å². The van der Waals surface area contributed by atoms with Crippen molar-refractivity contribution in [3.05, 3.63) is 94.0 Å². The lowest BCUT2D eigenvalue weighted by atomic mass is 9.65. The number of nitrogens with zero attached hydrogens (tertiary/aromatic N) is 1. The topological polar surface area (TPSA) is 58.5 Å². The van der Waals surface area contributed by atoms with E-state index in [0.717, 1.165) is 96.3 Å². The molecule has 2 heterocycles. The lowest BCUT2D eigenvalue weighted by Gasteiger charge is -2.34. The molecule has 0 bridgehead atoms. The van der Waals surface area contributed by atoms with Crippen molar-refractivity contribution >= 4 is 17.4 Å². The number of fused-ring (bicyclic) bond motifs is 4. The summed E-state index contributed by atoms with van der Waals surface area (Å²) in [6.07, 6.45) is 6.20. The van der Waals surface area contributed by atoms with Gasteiger partial charge in [-0.1, -0.05) is 81.3 Å². The van der Waals surface area contributed by atoms with Crippen molar-refractivity contribution in [2.75, 3.05) is 13.1 Å². The Morgan fingerprint density at radius 1 is 0.895 bits per heavy atom. The number of rotatable bonds is 9. The number of amides is 1. The fourth-order valence-electron chi connectivity index (χ4n) is 6.99. The molecule has 0 aromatic heterocycles. The summed E-state index contributed by atoms with van der Waals surface area (Å²) in [4.78, 5) is 32.5. The number of ketones is 1. The van der Waals surface area contributed by atoms with Gasteiger partial charge in [0.25, 0.3) is 5.91 Å². The Labute approximate surface area is 225 Å². The van der Waals surface area contributed by atoms with Gasteiger partial charge in [-0.3, -0.25) is 9.59 Å². The molecule has 38 heavy (non-hydrogen) atoms. The Kier molecular flexibility index (Phi) is 6.61.